The third kappa shape index (κ3) is 3.35. The fourth-order valence-corrected chi connectivity index (χ4v) is 5.47. The highest BCUT2D eigenvalue weighted by Gasteiger charge is 2.32. The van der Waals surface area contributed by atoms with E-state index in [0.717, 1.165) is 32.0 Å². The van der Waals surface area contributed by atoms with Gasteiger partial charge in [-0.25, -0.2) is 5.53 Å². The molecule has 2 aliphatic heterocycles. The zero-order valence-corrected chi connectivity index (χ0v) is 19.6. The number of phenolic OH excluding ortho intramolecular Hbond substituents is 1. The van der Waals surface area contributed by atoms with Gasteiger partial charge in [-0.3, -0.25) is 10.2 Å². The zero-order chi connectivity index (χ0) is 23.6. The maximum atomic E-state index is 12.6. The number of thiophene rings is 1. The molecule has 172 valence electrons. The van der Waals surface area contributed by atoms with Crippen molar-refractivity contribution in [3.05, 3.63) is 64.0 Å². The van der Waals surface area contributed by atoms with Gasteiger partial charge in [0, 0.05) is 17.3 Å². The van der Waals surface area contributed by atoms with Gasteiger partial charge in [0.05, 0.1) is 31.4 Å². The van der Waals surface area contributed by atoms with Gasteiger partial charge in [0.25, 0.3) is 5.91 Å². The molecule has 4 aromatic rings. The lowest BCUT2D eigenvalue weighted by molar-refractivity contribution is 0.0433. The SMILES string of the molecule is CC1(C)NC(=O)c2ccc(-n3c(-c4ccc(O)cc4Cl)cc4sc(C5=NNNN5)cc43)cc2O1. The number of nitrogens with one attached hydrogen (secondary N) is 4. The van der Waals surface area contributed by atoms with Crippen LogP contribution in [0.4, 0.5) is 0 Å². The molecular formula is C23H19ClN6O3S. The van der Waals surface area contributed by atoms with Crippen LogP contribution in [0.25, 0.3) is 27.2 Å². The van der Waals surface area contributed by atoms with Crippen molar-refractivity contribution in [3.8, 4) is 28.4 Å². The summed E-state index contributed by atoms with van der Waals surface area (Å²) in [5.74, 6) is 1.10. The molecule has 0 fully saturated rings. The Balaban J connectivity index is 1.58. The standard InChI is InChI=1S/C23H19ClN6O3S/c1-23(2)25-22(32)14-5-3-11(7-18(14)33-23)30-16(13-6-4-12(31)8-15(13)24)9-19-17(30)10-20(34-19)21-26-28-29-27-21/h3-10,28-29,31H,1-2H3,(H,25,32)(H,26,27). The molecule has 2 aromatic carbocycles. The van der Waals surface area contributed by atoms with Crippen LogP contribution in [-0.4, -0.2) is 27.1 Å². The molecular weight excluding hydrogens is 476 g/mol. The van der Waals surface area contributed by atoms with Crippen molar-refractivity contribution in [2.24, 2.45) is 5.10 Å². The summed E-state index contributed by atoms with van der Waals surface area (Å²) < 4.78 is 9.14. The van der Waals surface area contributed by atoms with Gasteiger partial charge in [0.15, 0.2) is 11.6 Å². The third-order valence-electron chi connectivity index (χ3n) is 5.60. The van der Waals surface area contributed by atoms with Crippen LogP contribution in [0.1, 0.15) is 29.1 Å². The maximum absolute atomic E-state index is 12.6. The maximum Gasteiger partial charge on any atom is 0.258 e. The lowest BCUT2D eigenvalue weighted by Gasteiger charge is -2.33. The normalized spacial score (nSPS) is 16.3. The number of amides is 1. The first-order valence-corrected chi connectivity index (χ1v) is 11.6. The fraction of sp³-hybridized carbons (Fsp3) is 0.130. The number of rotatable bonds is 3. The average molecular weight is 495 g/mol. The van der Waals surface area contributed by atoms with E-state index >= 15 is 0 Å². The predicted octanol–water partition coefficient (Wildman–Crippen LogP) is 3.85. The topological polar surface area (TPSA) is 112 Å². The number of hydrazone groups is 1. The van der Waals surface area contributed by atoms with E-state index in [9.17, 15) is 9.90 Å². The van der Waals surface area contributed by atoms with Gasteiger partial charge in [0.2, 0.25) is 0 Å². The summed E-state index contributed by atoms with van der Waals surface area (Å²) in [5.41, 5.74) is 11.4. The van der Waals surface area contributed by atoms with Crippen molar-refractivity contribution < 1.29 is 14.6 Å². The van der Waals surface area contributed by atoms with E-state index in [4.69, 9.17) is 16.3 Å². The van der Waals surface area contributed by atoms with Crippen LogP contribution < -0.4 is 26.5 Å². The van der Waals surface area contributed by atoms with Crippen molar-refractivity contribution in [2.75, 3.05) is 0 Å². The molecule has 11 heteroatoms. The highest BCUT2D eigenvalue weighted by molar-refractivity contribution is 7.20. The first-order valence-electron chi connectivity index (χ1n) is 10.4. The van der Waals surface area contributed by atoms with Crippen LogP contribution in [0.3, 0.4) is 0 Å². The molecule has 2 aliphatic rings. The van der Waals surface area contributed by atoms with Gasteiger partial charge in [-0.1, -0.05) is 11.6 Å². The van der Waals surface area contributed by atoms with Crippen LogP contribution in [0.15, 0.2) is 53.6 Å². The van der Waals surface area contributed by atoms with Crippen LogP contribution >= 0.6 is 22.9 Å². The van der Waals surface area contributed by atoms with Crippen molar-refractivity contribution in [3.63, 3.8) is 0 Å². The molecule has 2 aromatic heterocycles. The van der Waals surface area contributed by atoms with E-state index in [2.05, 4.69) is 37.5 Å². The summed E-state index contributed by atoms with van der Waals surface area (Å²) >= 11 is 8.11. The molecule has 0 saturated carbocycles. The summed E-state index contributed by atoms with van der Waals surface area (Å²) in [6.07, 6.45) is 0. The number of aromatic hydroxyl groups is 1. The second kappa shape index (κ2) is 7.39. The molecule has 0 saturated heterocycles. The van der Waals surface area contributed by atoms with Crippen LogP contribution in [-0.2, 0) is 0 Å². The van der Waals surface area contributed by atoms with Crippen molar-refractivity contribution in [2.45, 2.75) is 19.6 Å². The number of ether oxygens (including phenoxy) is 1. The fourth-order valence-electron chi connectivity index (χ4n) is 4.18. The number of phenols is 1. The Kier molecular flexibility index (Phi) is 4.53. The Morgan fingerprint density at radius 2 is 1.94 bits per heavy atom. The molecule has 5 N–H and O–H groups in total. The molecule has 4 heterocycles. The number of hydrazine groups is 2. The second-order valence-electron chi connectivity index (χ2n) is 8.46. The number of halogens is 1. The number of aromatic nitrogens is 1. The highest BCUT2D eigenvalue weighted by Crippen LogP contribution is 2.41. The molecule has 6 rings (SSSR count). The van der Waals surface area contributed by atoms with E-state index in [0.29, 0.717) is 22.2 Å². The van der Waals surface area contributed by atoms with Crippen molar-refractivity contribution in [1.29, 1.82) is 0 Å². The number of carbonyl (C=O) groups is 1. The van der Waals surface area contributed by atoms with Gasteiger partial charge >= 0.3 is 0 Å². The van der Waals surface area contributed by atoms with Crippen LogP contribution in [0, 0.1) is 0 Å². The van der Waals surface area contributed by atoms with Crippen molar-refractivity contribution in [1.82, 2.24) is 26.4 Å². The molecule has 0 bridgehead atoms. The minimum Gasteiger partial charge on any atom is -0.508 e. The number of carbonyl (C=O) groups excluding carboxylic acids is 1. The zero-order valence-electron chi connectivity index (χ0n) is 18.1. The third-order valence-corrected chi connectivity index (χ3v) is 6.99. The van der Waals surface area contributed by atoms with E-state index < -0.39 is 5.72 Å². The first kappa shape index (κ1) is 20.8. The first-order chi connectivity index (χ1) is 16.3. The molecule has 0 spiro atoms. The summed E-state index contributed by atoms with van der Waals surface area (Å²) in [5, 5.41) is 17.3. The van der Waals surface area contributed by atoms with E-state index in [1.165, 1.54) is 6.07 Å². The lowest BCUT2D eigenvalue weighted by Crippen LogP contribution is -2.51. The molecule has 0 unspecified atom stereocenters. The van der Waals surface area contributed by atoms with Crippen LogP contribution in [0.2, 0.25) is 5.02 Å². The number of hydrogen-bond acceptors (Lipinski definition) is 8. The minimum absolute atomic E-state index is 0.0942. The number of nitrogens with zero attached hydrogens (tertiary/aromatic N) is 2. The number of fused-ring (bicyclic) bond motifs is 2. The Hall–Kier alpha value is -3.73. The Morgan fingerprint density at radius 1 is 1.12 bits per heavy atom. The van der Waals surface area contributed by atoms with Crippen molar-refractivity contribution >= 4 is 44.9 Å². The number of hydrogen-bond donors (Lipinski definition) is 5. The molecule has 9 nitrogen and oxygen atoms in total. The van der Waals surface area contributed by atoms with E-state index in [1.807, 2.05) is 18.2 Å². The van der Waals surface area contributed by atoms with Crippen LogP contribution in [0.5, 0.6) is 11.5 Å². The average Bonchev–Trinajstić information content (AvgIpc) is 3.48. The molecule has 1 amide bonds. The number of benzene rings is 2. The van der Waals surface area contributed by atoms with E-state index in [1.54, 1.807) is 43.4 Å². The number of amidine groups is 1. The lowest BCUT2D eigenvalue weighted by atomic mass is 10.1. The van der Waals surface area contributed by atoms with Gasteiger partial charge in [-0.2, -0.15) is 0 Å². The van der Waals surface area contributed by atoms with Gasteiger partial charge in [-0.15, -0.1) is 22.0 Å². The van der Waals surface area contributed by atoms with E-state index in [-0.39, 0.29) is 11.7 Å². The predicted molar refractivity (Wildman–Crippen MR) is 131 cm³/mol. The minimum atomic E-state index is -0.820. The summed E-state index contributed by atoms with van der Waals surface area (Å²) in [4.78, 5) is 13.5. The largest absolute Gasteiger partial charge is 0.508 e. The molecule has 0 atom stereocenters. The van der Waals surface area contributed by atoms with Gasteiger partial charge < -0.3 is 19.7 Å². The Labute approximate surface area is 202 Å². The molecule has 0 aliphatic carbocycles. The van der Waals surface area contributed by atoms with Gasteiger partial charge in [0.1, 0.15) is 11.5 Å². The smallest absolute Gasteiger partial charge is 0.258 e. The Bertz CT molecular complexity index is 1520. The molecule has 34 heavy (non-hydrogen) atoms. The summed E-state index contributed by atoms with van der Waals surface area (Å²) in [6, 6.07) is 14.5. The quantitative estimate of drug-likeness (QED) is 0.296. The molecule has 0 radical (unpaired) electrons. The Morgan fingerprint density at radius 3 is 2.71 bits per heavy atom. The van der Waals surface area contributed by atoms with Gasteiger partial charge in [-0.05, 0) is 56.3 Å². The summed E-state index contributed by atoms with van der Waals surface area (Å²) in [6.45, 7) is 3.61. The summed E-state index contributed by atoms with van der Waals surface area (Å²) in [7, 11) is 0. The second-order valence-corrected chi connectivity index (χ2v) is 9.95. The highest BCUT2D eigenvalue weighted by atomic mass is 35.5. The monoisotopic (exact) mass is 494 g/mol.